The molecule has 5 heteroatoms. The average molecular weight is 201 g/mol. The minimum absolute atomic E-state index is 0.266. The van der Waals surface area contributed by atoms with Gasteiger partial charge in [-0.15, -0.1) is 0 Å². The lowest BCUT2D eigenvalue weighted by molar-refractivity contribution is 0.189. The summed E-state index contributed by atoms with van der Waals surface area (Å²) in [6, 6.07) is 0. The molecular formula is C8H15N3OS. The number of nitrogen functional groups attached to an aromatic ring is 1. The molecule has 1 heterocycles. The molecule has 0 aliphatic heterocycles. The van der Waals surface area contributed by atoms with Gasteiger partial charge in [0.25, 0.3) is 0 Å². The van der Waals surface area contributed by atoms with Gasteiger partial charge in [0.15, 0.2) is 0 Å². The van der Waals surface area contributed by atoms with Crippen LogP contribution in [-0.2, 0) is 0 Å². The SMILES string of the molecule is Cc1c(N)nsc1NCCC(C)O. The summed E-state index contributed by atoms with van der Waals surface area (Å²) < 4.78 is 4.01. The van der Waals surface area contributed by atoms with Crippen molar-refractivity contribution in [3.05, 3.63) is 5.56 Å². The molecule has 1 aromatic rings. The van der Waals surface area contributed by atoms with Crippen molar-refractivity contribution in [1.82, 2.24) is 4.37 Å². The summed E-state index contributed by atoms with van der Waals surface area (Å²) in [4.78, 5) is 0. The van der Waals surface area contributed by atoms with Crippen molar-refractivity contribution in [2.75, 3.05) is 17.6 Å². The molecule has 0 saturated carbocycles. The van der Waals surface area contributed by atoms with Gasteiger partial charge in [-0.05, 0) is 31.8 Å². The average Bonchev–Trinajstić information content (AvgIpc) is 2.35. The van der Waals surface area contributed by atoms with Crippen molar-refractivity contribution in [3.63, 3.8) is 0 Å². The summed E-state index contributed by atoms with van der Waals surface area (Å²) in [6.45, 7) is 4.46. The summed E-state index contributed by atoms with van der Waals surface area (Å²) in [6.07, 6.45) is 0.468. The van der Waals surface area contributed by atoms with Gasteiger partial charge in [0, 0.05) is 12.1 Å². The van der Waals surface area contributed by atoms with Crippen LogP contribution < -0.4 is 11.1 Å². The Kier molecular flexibility index (Phi) is 3.50. The summed E-state index contributed by atoms with van der Waals surface area (Å²) in [7, 11) is 0. The van der Waals surface area contributed by atoms with Gasteiger partial charge in [-0.3, -0.25) is 0 Å². The summed E-state index contributed by atoms with van der Waals surface area (Å²) >= 11 is 1.36. The Bertz CT molecular complexity index is 272. The van der Waals surface area contributed by atoms with Crippen LogP contribution in [0.1, 0.15) is 18.9 Å². The lowest BCUT2D eigenvalue weighted by Crippen LogP contribution is -2.09. The van der Waals surface area contributed by atoms with Crippen molar-refractivity contribution in [1.29, 1.82) is 0 Å². The third-order valence-corrected chi connectivity index (χ3v) is 2.73. The first kappa shape index (κ1) is 10.3. The molecule has 0 spiro atoms. The van der Waals surface area contributed by atoms with E-state index in [0.717, 1.165) is 23.5 Å². The van der Waals surface area contributed by atoms with Gasteiger partial charge in [-0.2, -0.15) is 4.37 Å². The minimum Gasteiger partial charge on any atom is -0.393 e. The van der Waals surface area contributed by atoms with Gasteiger partial charge in [-0.25, -0.2) is 0 Å². The number of nitrogens with two attached hydrogens (primary N) is 1. The number of nitrogens with zero attached hydrogens (tertiary/aromatic N) is 1. The van der Waals surface area contributed by atoms with E-state index in [1.54, 1.807) is 6.92 Å². The monoisotopic (exact) mass is 201 g/mol. The van der Waals surface area contributed by atoms with Gasteiger partial charge in [0.2, 0.25) is 0 Å². The normalized spacial score (nSPS) is 12.8. The highest BCUT2D eigenvalue weighted by Crippen LogP contribution is 2.24. The van der Waals surface area contributed by atoms with Crippen LogP contribution in [0.15, 0.2) is 0 Å². The van der Waals surface area contributed by atoms with E-state index >= 15 is 0 Å². The first-order chi connectivity index (χ1) is 6.11. The number of anilines is 2. The zero-order chi connectivity index (χ0) is 9.84. The second kappa shape index (κ2) is 4.43. The summed E-state index contributed by atoms with van der Waals surface area (Å²) in [5, 5.41) is 13.2. The number of nitrogens with one attached hydrogen (secondary N) is 1. The van der Waals surface area contributed by atoms with E-state index in [9.17, 15) is 0 Å². The van der Waals surface area contributed by atoms with Gasteiger partial charge < -0.3 is 16.2 Å². The molecule has 1 rings (SSSR count). The zero-order valence-corrected chi connectivity index (χ0v) is 8.69. The fourth-order valence-electron chi connectivity index (χ4n) is 0.908. The van der Waals surface area contributed by atoms with Crippen LogP contribution in [0.3, 0.4) is 0 Å². The molecule has 0 aliphatic carbocycles. The number of aliphatic hydroxyl groups excluding tert-OH is 1. The second-order valence-electron chi connectivity index (χ2n) is 3.09. The summed E-state index contributed by atoms with van der Waals surface area (Å²) in [5.41, 5.74) is 6.58. The Morgan fingerprint density at radius 1 is 1.69 bits per heavy atom. The van der Waals surface area contributed by atoms with Crippen molar-refractivity contribution >= 4 is 22.4 Å². The van der Waals surface area contributed by atoms with Crippen molar-refractivity contribution in [3.8, 4) is 0 Å². The highest BCUT2D eigenvalue weighted by molar-refractivity contribution is 7.10. The zero-order valence-electron chi connectivity index (χ0n) is 7.87. The molecule has 0 aromatic carbocycles. The van der Waals surface area contributed by atoms with Gasteiger partial charge in [-0.1, -0.05) is 0 Å². The number of aliphatic hydroxyl groups is 1. The van der Waals surface area contributed by atoms with E-state index in [-0.39, 0.29) is 6.10 Å². The first-order valence-corrected chi connectivity index (χ1v) is 5.02. The molecule has 0 fully saturated rings. The Balaban J connectivity index is 2.41. The lowest BCUT2D eigenvalue weighted by atomic mass is 10.3. The Morgan fingerprint density at radius 3 is 2.85 bits per heavy atom. The van der Waals surface area contributed by atoms with E-state index in [1.165, 1.54) is 11.5 Å². The number of hydrogen-bond donors (Lipinski definition) is 3. The van der Waals surface area contributed by atoms with Crippen molar-refractivity contribution < 1.29 is 5.11 Å². The number of rotatable bonds is 4. The highest BCUT2D eigenvalue weighted by atomic mass is 32.1. The quantitative estimate of drug-likeness (QED) is 0.685. The number of aromatic nitrogens is 1. The maximum absolute atomic E-state index is 9.03. The molecule has 1 aromatic heterocycles. The van der Waals surface area contributed by atoms with Crippen LogP contribution in [0.4, 0.5) is 10.8 Å². The molecule has 4 nitrogen and oxygen atoms in total. The van der Waals surface area contributed by atoms with Crippen LogP contribution in [0.2, 0.25) is 0 Å². The van der Waals surface area contributed by atoms with Crippen LogP contribution in [-0.4, -0.2) is 22.1 Å². The van der Waals surface area contributed by atoms with E-state index in [0.29, 0.717) is 5.82 Å². The van der Waals surface area contributed by atoms with Crippen molar-refractivity contribution in [2.45, 2.75) is 26.4 Å². The second-order valence-corrected chi connectivity index (χ2v) is 3.86. The molecular weight excluding hydrogens is 186 g/mol. The highest BCUT2D eigenvalue weighted by Gasteiger charge is 2.05. The largest absolute Gasteiger partial charge is 0.393 e. The molecule has 1 unspecified atom stereocenters. The molecule has 0 amide bonds. The van der Waals surface area contributed by atoms with Crippen LogP contribution in [0.5, 0.6) is 0 Å². The topological polar surface area (TPSA) is 71.2 Å². The van der Waals surface area contributed by atoms with Gasteiger partial charge in [0.1, 0.15) is 10.8 Å². The molecule has 4 N–H and O–H groups in total. The third-order valence-electron chi connectivity index (χ3n) is 1.81. The molecule has 74 valence electrons. The van der Waals surface area contributed by atoms with Gasteiger partial charge >= 0.3 is 0 Å². The van der Waals surface area contributed by atoms with E-state index in [1.807, 2.05) is 6.92 Å². The maximum Gasteiger partial charge on any atom is 0.142 e. The minimum atomic E-state index is -0.266. The fourth-order valence-corrected chi connectivity index (χ4v) is 1.64. The lowest BCUT2D eigenvalue weighted by Gasteiger charge is -2.05. The van der Waals surface area contributed by atoms with Crippen molar-refractivity contribution in [2.24, 2.45) is 0 Å². The predicted molar refractivity (Wildman–Crippen MR) is 56.1 cm³/mol. The molecule has 0 radical (unpaired) electrons. The first-order valence-electron chi connectivity index (χ1n) is 4.25. The third kappa shape index (κ3) is 2.86. The Morgan fingerprint density at radius 2 is 2.38 bits per heavy atom. The maximum atomic E-state index is 9.03. The Labute approximate surface area is 81.9 Å². The van der Waals surface area contributed by atoms with E-state index in [4.69, 9.17) is 10.8 Å². The smallest absolute Gasteiger partial charge is 0.142 e. The van der Waals surface area contributed by atoms with E-state index < -0.39 is 0 Å². The van der Waals surface area contributed by atoms with Crippen LogP contribution in [0, 0.1) is 6.92 Å². The fraction of sp³-hybridized carbons (Fsp3) is 0.625. The van der Waals surface area contributed by atoms with Gasteiger partial charge in [0.05, 0.1) is 6.10 Å². The predicted octanol–water partition coefficient (Wildman–Crippen LogP) is 1.22. The molecule has 0 bridgehead atoms. The molecule has 1 atom stereocenters. The Hall–Kier alpha value is -0.810. The van der Waals surface area contributed by atoms with Crippen LogP contribution >= 0.6 is 11.5 Å². The standard InChI is InChI=1S/C8H15N3OS/c1-5(12)3-4-10-8-6(2)7(9)11-13-8/h5,10,12H,3-4H2,1-2H3,(H2,9,11). The molecule has 13 heavy (non-hydrogen) atoms. The molecule has 0 saturated heterocycles. The molecule has 0 aliphatic rings. The summed E-state index contributed by atoms with van der Waals surface area (Å²) in [5.74, 6) is 0.588. The van der Waals surface area contributed by atoms with E-state index in [2.05, 4.69) is 9.69 Å². The van der Waals surface area contributed by atoms with Crippen LogP contribution in [0.25, 0.3) is 0 Å². The number of hydrogen-bond acceptors (Lipinski definition) is 5.